The van der Waals surface area contributed by atoms with Gasteiger partial charge in [0.25, 0.3) is 0 Å². The Morgan fingerprint density at radius 1 is 1.64 bits per heavy atom. The van der Waals surface area contributed by atoms with Crippen LogP contribution >= 0.6 is 0 Å². The minimum absolute atomic E-state index is 0.495. The first-order valence-corrected chi connectivity index (χ1v) is 3.53. The van der Waals surface area contributed by atoms with Crippen molar-refractivity contribution < 1.29 is 9.90 Å². The second-order valence-electron chi connectivity index (χ2n) is 2.24. The number of nitrogens with zero attached hydrogens (tertiary/aromatic N) is 1. The van der Waals surface area contributed by atoms with Crippen molar-refractivity contribution in [2.24, 2.45) is 5.73 Å². The van der Waals surface area contributed by atoms with Crippen molar-refractivity contribution in [3.05, 3.63) is 0 Å². The van der Waals surface area contributed by atoms with Crippen LogP contribution in [0.2, 0.25) is 0 Å². The van der Waals surface area contributed by atoms with Gasteiger partial charge in [0.05, 0.1) is 0 Å². The maximum Gasteiger partial charge on any atom is 0.407 e. The zero-order chi connectivity index (χ0) is 8.69. The van der Waals surface area contributed by atoms with Crippen LogP contribution < -0.4 is 11.1 Å². The molecule has 0 bridgehead atoms. The van der Waals surface area contributed by atoms with Crippen molar-refractivity contribution in [3.63, 3.8) is 0 Å². The van der Waals surface area contributed by atoms with Gasteiger partial charge in [-0.25, -0.2) is 4.79 Å². The van der Waals surface area contributed by atoms with E-state index in [1.54, 1.807) is 0 Å². The Morgan fingerprint density at radius 3 is 2.73 bits per heavy atom. The molecule has 0 fully saturated rings. The summed E-state index contributed by atoms with van der Waals surface area (Å²) in [6.45, 7) is 2.46. The Bertz CT molecular complexity index is 118. The summed E-state index contributed by atoms with van der Waals surface area (Å²) in [5, 5.41) is 11.4. The van der Waals surface area contributed by atoms with Crippen molar-refractivity contribution in [3.8, 4) is 0 Å². The van der Waals surface area contributed by atoms with Crippen molar-refractivity contribution >= 4 is 6.09 Å². The fourth-order valence-corrected chi connectivity index (χ4v) is 0.569. The molecule has 0 saturated carbocycles. The maximum atomic E-state index is 10.2. The fourth-order valence-electron chi connectivity index (χ4n) is 0.569. The molecule has 0 aliphatic carbocycles. The summed E-state index contributed by atoms with van der Waals surface area (Å²) in [7, 11) is 1.53. The number of hydrogen-bond donors (Lipinski definition) is 3. The summed E-state index contributed by atoms with van der Waals surface area (Å²) in [5.41, 5.74) is 5.21. The third kappa shape index (κ3) is 5.63. The van der Waals surface area contributed by atoms with Crippen LogP contribution in [0.3, 0.4) is 0 Å². The Labute approximate surface area is 66.2 Å². The summed E-state index contributed by atoms with van der Waals surface area (Å²) < 4.78 is 0. The van der Waals surface area contributed by atoms with Crippen LogP contribution in [0, 0.1) is 0 Å². The second kappa shape index (κ2) is 5.94. The molecule has 0 radical (unpaired) electrons. The highest BCUT2D eigenvalue weighted by Gasteiger charge is 2.02. The van der Waals surface area contributed by atoms with E-state index in [0.717, 1.165) is 6.54 Å². The lowest BCUT2D eigenvalue weighted by Crippen LogP contribution is -2.34. The second-order valence-corrected chi connectivity index (χ2v) is 2.24. The van der Waals surface area contributed by atoms with Gasteiger partial charge in [-0.3, -0.25) is 0 Å². The van der Waals surface area contributed by atoms with Crippen LogP contribution in [0.15, 0.2) is 0 Å². The van der Waals surface area contributed by atoms with Gasteiger partial charge in [-0.05, 0) is 0 Å². The van der Waals surface area contributed by atoms with E-state index in [1.807, 2.05) is 0 Å². The van der Waals surface area contributed by atoms with Gasteiger partial charge in [-0.2, -0.15) is 0 Å². The summed E-state index contributed by atoms with van der Waals surface area (Å²) >= 11 is 0. The van der Waals surface area contributed by atoms with Crippen molar-refractivity contribution in [2.75, 3.05) is 33.2 Å². The third-order valence-electron chi connectivity index (χ3n) is 1.27. The molecule has 11 heavy (non-hydrogen) atoms. The standard InChI is InChI=1S/C6H15N3O2/c1-9(6(10)11)5-4-8-3-2-7/h8H,2-5,7H2,1H3,(H,10,11). The van der Waals surface area contributed by atoms with Gasteiger partial charge >= 0.3 is 6.09 Å². The molecule has 4 N–H and O–H groups in total. The molecule has 5 heteroatoms. The lowest BCUT2D eigenvalue weighted by atomic mass is 10.5. The third-order valence-corrected chi connectivity index (χ3v) is 1.27. The molecule has 0 saturated heterocycles. The molecule has 0 aliphatic heterocycles. The molecule has 0 aromatic carbocycles. The van der Waals surface area contributed by atoms with Crippen molar-refractivity contribution in [2.45, 2.75) is 0 Å². The number of rotatable bonds is 5. The van der Waals surface area contributed by atoms with E-state index in [0.29, 0.717) is 19.6 Å². The molecule has 0 aromatic heterocycles. The molecule has 0 aromatic rings. The zero-order valence-electron chi connectivity index (χ0n) is 6.71. The zero-order valence-corrected chi connectivity index (χ0v) is 6.71. The molecule has 5 nitrogen and oxygen atoms in total. The molecule has 0 heterocycles. The van der Waals surface area contributed by atoms with E-state index < -0.39 is 6.09 Å². The maximum absolute atomic E-state index is 10.2. The number of carboxylic acid groups (broad SMARTS) is 1. The Balaban J connectivity index is 3.17. The predicted molar refractivity (Wildman–Crippen MR) is 42.6 cm³/mol. The van der Waals surface area contributed by atoms with Crippen LogP contribution in [-0.2, 0) is 0 Å². The van der Waals surface area contributed by atoms with Crippen molar-refractivity contribution in [1.29, 1.82) is 0 Å². The van der Waals surface area contributed by atoms with E-state index >= 15 is 0 Å². The Hall–Kier alpha value is -0.810. The van der Waals surface area contributed by atoms with E-state index in [-0.39, 0.29) is 0 Å². The van der Waals surface area contributed by atoms with Gasteiger partial charge in [0.2, 0.25) is 0 Å². The molecular formula is C6H15N3O2. The number of hydrogen-bond acceptors (Lipinski definition) is 3. The van der Waals surface area contributed by atoms with Gasteiger partial charge in [-0.1, -0.05) is 0 Å². The van der Waals surface area contributed by atoms with Gasteiger partial charge in [-0.15, -0.1) is 0 Å². The quantitative estimate of drug-likeness (QED) is 0.459. The molecule has 1 amide bonds. The average Bonchev–Trinajstić information content (AvgIpc) is 1.97. The minimum atomic E-state index is -0.903. The topological polar surface area (TPSA) is 78.6 Å². The molecule has 0 aliphatic rings. The van der Waals surface area contributed by atoms with Gasteiger partial charge in [0.15, 0.2) is 0 Å². The Kier molecular flexibility index (Phi) is 5.50. The first kappa shape index (κ1) is 10.2. The fraction of sp³-hybridized carbons (Fsp3) is 0.833. The molecular weight excluding hydrogens is 146 g/mol. The summed E-state index contributed by atoms with van der Waals surface area (Å²) in [6, 6.07) is 0. The molecule has 0 unspecified atom stereocenters. The number of amides is 1. The monoisotopic (exact) mass is 161 g/mol. The molecule has 0 spiro atoms. The van der Waals surface area contributed by atoms with Gasteiger partial charge in [0.1, 0.15) is 0 Å². The Morgan fingerprint density at radius 2 is 2.27 bits per heavy atom. The van der Waals surface area contributed by atoms with Crippen LogP contribution in [0.1, 0.15) is 0 Å². The van der Waals surface area contributed by atoms with E-state index in [9.17, 15) is 4.79 Å². The first-order chi connectivity index (χ1) is 5.18. The largest absolute Gasteiger partial charge is 0.465 e. The smallest absolute Gasteiger partial charge is 0.407 e. The van der Waals surface area contributed by atoms with Gasteiger partial charge in [0, 0.05) is 33.2 Å². The van der Waals surface area contributed by atoms with Crippen LogP contribution in [0.4, 0.5) is 4.79 Å². The summed E-state index contributed by atoms with van der Waals surface area (Å²) in [5.74, 6) is 0. The normalized spacial score (nSPS) is 9.64. The summed E-state index contributed by atoms with van der Waals surface area (Å²) in [6.07, 6.45) is -0.903. The number of nitrogens with two attached hydrogens (primary N) is 1. The van der Waals surface area contributed by atoms with Crippen LogP contribution in [0.25, 0.3) is 0 Å². The van der Waals surface area contributed by atoms with Crippen LogP contribution in [-0.4, -0.2) is 49.3 Å². The van der Waals surface area contributed by atoms with E-state index in [1.165, 1.54) is 11.9 Å². The lowest BCUT2D eigenvalue weighted by Gasteiger charge is -2.12. The van der Waals surface area contributed by atoms with E-state index in [2.05, 4.69) is 5.32 Å². The highest BCUT2D eigenvalue weighted by atomic mass is 16.4. The molecule has 0 rings (SSSR count). The first-order valence-electron chi connectivity index (χ1n) is 3.53. The number of likely N-dealkylation sites (N-methyl/N-ethyl adjacent to an activating group) is 1. The highest BCUT2D eigenvalue weighted by Crippen LogP contribution is 1.79. The highest BCUT2D eigenvalue weighted by molar-refractivity contribution is 5.64. The summed E-state index contributed by atoms with van der Waals surface area (Å²) in [4.78, 5) is 11.5. The number of carbonyl (C=O) groups is 1. The lowest BCUT2D eigenvalue weighted by molar-refractivity contribution is 0.156. The van der Waals surface area contributed by atoms with E-state index in [4.69, 9.17) is 10.8 Å². The predicted octanol–water partition coefficient (Wildman–Crippen LogP) is -0.855. The minimum Gasteiger partial charge on any atom is -0.465 e. The molecule has 66 valence electrons. The molecule has 0 atom stereocenters. The number of nitrogens with one attached hydrogen (secondary N) is 1. The van der Waals surface area contributed by atoms with Gasteiger partial charge < -0.3 is 21.1 Å². The average molecular weight is 161 g/mol. The SMILES string of the molecule is CN(CCNCCN)C(=O)O. The van der Waals surface area contributed by atoms with Crippen molar-refractivity contribution in [1.82, 2.24) is 10.2 Å². The van der Waals surface area contributed by atoms with Crippen LogP contribution in [0.5, 0.6) is 0 Å².